The molecule has 0 spiro atoms. The van der Waals surface area contributed by atoms with Gasteiger partial charge in [-0.15, -0.1) is 0 Å². The molecule has 1 aliphatic heterocycles. The predicted molar refractivity (Wildman–Crippen MR) is 87.8 cm³/mol. The first-order valence-corrected chi connectivity index (χ1v) is 7.52. The Morgan fingerprint density at radius 2 is 2.00 bits per heavy atom. The van der Waals surface area contributed by atoms with E-state index in [0.717, 1.165) is 0 Å². The first-order valence-electron chi connectivity index (χ1n) is 7.14. The maximum atomic E-state index is 12.4. The van der Waals surface area contributed by atoms with Gasteiger partial charge in [0.25, 0.3) is 0 Å². The first-order chi connectivity index (χ1) is 11.9. The lowest BCUT2D eigenvalue weighted by molar-refractivity contribution is -0.140. The monoisotopic (exact) mass is 362 g/mol. The van der Waals surface area contributed by atoms with Gasteiger partial charge in [-0.25, -0.2) is 4.79 Å². The fraction of sp³-hybridized carbons (Fsp3) is 0.235. The second kappa shape index (κ2) is 7.73. The van der Waals surface area contributed by atoms with Crippen LogP contribution in [0.4, 0.5) is 0 Å². The number of carbonyl (C=O) groups is 2. The quantitative estimate of drug-likeness (QED) is 0.816. The van der Waals surface area contributed by atoms with Gasteiger partial charge in [0.15, 0.2) is 0 Å². The normalized spacial score (nSPS) is 16.8. The second-order valence-electron chi connectivity index (χ2n) is 5.03. The van der Waals surface area contributed by atoms with E-state index in [9.17, 15) is 14.9 Å². The fourth-order valence-corrected chi connectivity index (χ4v) is 2.75. The summed E-state index contributed by atoms with van der Waals surface area (Å²) in [5.41, 5.74) is 6.28. The Labute approximate surface area is 149 Å². The van der Waals surface area contributed by atoms with Crippen molar-refractivity contribution in [1.29, 1.82) is 5.26 Å². The highest BCUT2D eigenvalue weighted by atomic mass is 35.5. The summed E-state index contributed by atoms with van der Waals surface area (Å²) in [6, 6.07) is 8.63. The van der Waals surface area contributed by atoms with Gasteiger partial charge in [-0.3, -0.25) is 4.79 Å². The van der Waals surface area contributed by atoms with Crippen LogP contribution >= 0.6 is 11.6 Å². The third-order valence-corrected chi connectivity index (χ3v) is 4.00. The SMILES string of the molecule is COC(=O)CC1=C(C(=O)OC)C(c2ccccc2Cl)C(C#N)=C(N)O1. The lowest BCUT2D eigenvalue weighted by atomic mass is 9.82. The fourth-order valence-electron chi connectivity index (χ4n) is 2.51. The maximum absolute atomic E-state index is 12.4. The number of halogens is 1. The molecule has 1 unspecified atom stereocenters. The van der Waals surface area contributed by atoms with E-state index in [2.05, 4.69) is 4.74 Å². The largest absolute Gasteiger partial charge is 0.469 e. The van der Waals surface area contributed by atoms with E-state index < -0.39 is 17.9 Å². The number of methoxy groups -OCH3 is 2. The van der Waals surface area contributed by atoms with Crippen molar-refractivity contribution in [2.75, 3.05) is 14.2 Å². The Morgan fingerprint density at radius 1 is 1.32 bits per heavy atom. The predicted octanol–water partition coefficient (Wildman–Crippen LogP) is 2.14. The minimum atomic E-state index is -0.917. The number of benzene rings is 1. The topological polar surface area (TPSA) is 112 Å². The van der Waals surface area contributed by atoms with Crippen LogP contribution in [0.2, 0.25) is 5.02 Å². The molecule has 1 aromatic carbocycles. The van der Waals surface area contributed by atoms with Gasteiger partial charge in [-0.05, 0) is 11.6 Å². The van der Waals surface area contributed by atoms with E-state index in [1.54, 1.807) is 24.3 Å². The Morgan fingerprint density at radius 3 is 2.56 bits per heavy atom. The van der Waals surface area contributed by atoms with Crippen molar-refractivity contribution in [1.82, 2.24) is 0 Å². The number of nitrogens with zero attached hydrogens (tertiary/aromatic N) is 1. The third-order valence-electron chi connectivity index (χ3n) is 3.65. The van der Waals surface area contributed by atoms with Crippen LogP contribution < -0.4 is 5.73 Å². The molecule has 7 nitrogen and oxygen atoms in total. The van der Waals surface area contributed by atoms with Gasteiger partial charge in [-0.1, -0.05) is 29.8 Å². The van der Waals surface area contributed by atoms with E-state index in [1.165, 1.54) is 14.2 Å². The molecule has 0 saturated heterocycles. The maximum Gasteiger partial charge on any atom is 0.338 e. The zero-order valence-electron chi connectivity index (χ0n) is 13.5. The van der Waals surface area contributed by atoms with Crippen LogP contribution in [0.25, 0.3) is 0 Å². The van der Waals surface area contributed by atoms with Crippen LogP contribution in [-0.2, 0) is 23.8 Å². The zero-order chi connectivity index (χ0) is 18.6. The summed E-state index contributed by atoms with van der Waals surface area (Å²) in [6.07, 6.45) is -0.346. The lowest BCUT2D eigenvalue weighted by Crippen LogP contribution is -2.27. The van der Waals surface area contributed by atoms with Crippen molar-refractivity contribution < 1.29 is 23.8 Å². The number of hydrogen-bond donors (Lipinski definition) is 1. The van der Waals surface area contributed by atoms with E-state index in [1.807, 2.05) is 6.07 Å². The third kappa shape index (κ3) is 3.59. The molecule has 2 N–H and O–H groups in total. The summed E-state index contributed by atoms with van der Waals surface area (Å²) < 4.78 is 14.8. The lowest BCUT2D eigenvalue weighted by Gasteiger charge is -2.28. The average molecular weight is 363 g/mol. The summed E-state index contributed by atoms with van der Waals surface area (Å²) >= 11 is 6.24. The summed E-state index contributed by atoms with van der Waals surface area (Å²) in [5.74, 6) is -2.56. The number of allylic oxidation sites excluding steroid dienone is 1. The molecule has 0 saturated carbocycles. The second-order valence-corrected chi connectivity index (χ2v) is 5.43. The number of nitrogens with two attached hydrogens (primary N) is 1. The number of hydrogen-bond acceptors (Lipinski definition) is 7. The van der Waals surface area contributed by atoms with Crippen LogP contribution in [-0.4, -0.2) is 26.2 Å². The minimum Gasteiger partial charge on any atom is -0.469 e. The van der Waals surface area contributed by atoms with Gasteiger partial charge >= 0.3 is 11.9 Å². The molecule has 8 heteroatoms. The molecule has 1 heterocycles. The molecule has 2 rings (SSSR count). The van der Waals surface area contributed by atoms with Crippen molar-refractivity contribution in [2.24, 2.45) is 5.73 Å². The van der Waals surface area contributed by atoms with Gasteiger partial charge in [0.1, 0.15) is 23.8 Å². The van der Waals surface area contributed by atoms with Gasteiger partial charge in [0.05, 0.1) is 25.7 Å². The molecule has 0 aromatic heterocycles. The van der Waals surface area contributed by atoms with Gasteiger partial charge < -0.3 is 19.9 Å². The molecule has 0 bridgehead atoms. The number of nitriles is 1. The number of carbonyl (C=O) groups excluding carboxylic acids is 2. The summed E-state index contributed by atoms with van der Waals surface area (Å²) in [6.45, 7) is 0. The van der Waals surface area contributed by atoms with Crippen molar-refractivity contribution in [3.05, 3.63) is 57.6 Å². The molecule has 25 heavy (non-hydrogen) atoms. The standard InChI is InChI=1S/C17H15ClN2O5/c1-23-13(21)7-12-15(17(22)24-2)14(10(8-19)16(20)25-12)9-5-3-4-6-11(9)18/h3-6,14H,7,20H2,1-2H3. The number of esters is 2. The summed E-state index contributed by atoms with van der Waals surface area (Å²) in [7, 11) is 2.39. The Hall–Kier alpha value is -2.98. The van der Waals surface area contributed by atoms with Crippen LogP contribution in [0.15, 0.2) is 47.1 Å². The molecule has 0 aliphatic carbocycles. The Kier molecular flexibility index (Phi) is 5.67. The van der Waals surface area contributed by atoms with Crippen molar-refractivity contribution in [2.45, 2.75) is 12.3 Å². The molecule has 1 aliphatic rings. The van der Waals surface area contributed by atoms with Crippen LogP contribution in [0.5, 0.6) is 0 Å². The summed E-state index contributed by atoms with van der Waals surface area (Å²) in [5, 5.41) is 9.82. The van der Waals surface area contributed by atoms with Gasteiger partial charge in [0, 0.05) is 5.02 Å². The highest BCUT2D eigenvalue weighted by Crippen LogP contribution is 2.42. The molecular formula is C17H15ClN2O5. The van der Waals surface area contributed by atoms with Crippen LogP contribution in [0, 0.1) is 11.3 Å². The molecule has 0 radical (unpaired) electrons. The van der Waals surface area contributed by atoms with Crippen molar-refractivity contribution in [3.8, 4) is 6.07 Å². The molecule has 0 fully saturated rings. The van der Waals surface area contributed by atoms with Crippen molar-refractivity contribution >= 4 is 23.5 Å². The smallest absolute Gasteiger partial charge is 0.338 e. The van der Waals surface area contributed by atoms with Crippen molar-refractivity contribution in [3.63, 3.8) is 0 Å². The molecular weight excluding hydrogens is 348 g/mol. The van der Waals surface area contributed by atoms with E-state index in [0.29, 0.717) is 10.6 Å². The molecule has 130 valence electrons. The zero-order valence-corrected chi connectivity index (χ0v) is 14.3. The van der Waals surface area contributed by atoms with Gasteiger partial charge in [0.2, 0.25) is 5.88 Å². The highest BCUT2D eigenvalue weighted by molar-refractivity contribution is 6.31. The first kappa shape index (κ1) is 18.4. The number of rotatable bonds is 4. The Balaban J connectivity index is 2.72. The number of ether oxygens (including phenoxy) is 3. The summed E-state index contributed by atoms with van der Waals surface area (Å²) in [4.78, 5) is 24.1. The molecule has 1 aromatic rings. The average Bonchev–Trinajstić information content (AvgIpc) is 2.61. The van der Waals surface area contributed by atoms with E-state index in [-0.39, 0.29) is 29.2 Å². The highest BCUT2D eigenvalue weighted by Gasteiger charge is 2.38. The van der Waals surface area contributed by atoms with E-state index >= 15 is 0 Å². The Bertz CT molecular complexity index is 823. The minimum absolute atomic E-state index is 0.00196. The molecule has 0 amide bonds. The molecule has 1 atom stereocenters. The van der Waals surface area contributed by atoms with E-state index in [4.69, 9.17) is 26.8 Å². The van der Waals surface area contributed by atoms with Gasteiger partial charge in [-0.2, -0.15) is 5.26 Å². The van der Waals surface area contributed by atoms with Crippen LogP contribution in [0.1, 0.15) is 17.9 Å². The van der Waals surface area contributed by atoms with Crippen LogP contribution in [0.3, 0.4) is 0 Å².